The lowest BCUT2D eigenvalue weighted by atomic mass is 10.1. The van der Waals surface area contributed by atoms with Crippen LogP contribution in [0.1, 0.15) is 25.8 Å². The van der Waals surface area contributed by atoms with Crippen LogP contribution < -0.4 is 0 Å². The zero-order chi connectivity index (χ0) is 14.1. The summed E-state index contributed by atoms with van der Waals surface area (Å²) in [4.78, 5) is 11.2. The predicted molar refractivity (Wildman–Crippen MR) is 76.5 cm³/mol. The van der Waals surface area contributed by atoms with Crippen LogP contribution in [0.15, 0.2) is 48.1 Å². The Morgan fingerprint density at radius 1 is 1.37 bits per heavy atom. The van der Waals surface area contributed by atoms with Crippen molar-refractivity contribution in [3.05, 3.63) is 53.6 Å². The molecule has 1 N–H and O–H groups in total. The van der Waals surface area contributed by atoms with Crippen molar-refractivity contribution in [1.82, 2.24) is 0 Å². The Bertz CT molecular complexity index is 446. The first-order chi connectivity index (χ1) is 9.11. The molecule has 0 fully saturated rings. The minimum Gasteiger partial charge on any atom is -0.463 e. The lowest BCUT2D eigenvalue weighted by Crippen LogP contribution is -2.05. The zero-order valence-corrected chi connectivity index (χ0v) is 11.4. The van der Waals surface area contributed by atoms with Crippen LogP contribution in [0.5, 0.6) is 0 Å². The molecule has 0 amide bonds. The summed E-state index contributed by atoms with van der Waals surface area (Å²) >= 11 is 0. The summed E-state index contributed by atoms with van der Waals surface area (Å²) < 4.78 is 4.81. The lowest BCUT2D eigenvalue weighted by Gasteiger charge is -2.06. The Kier molecular flexibility index (Phi) is 6.61. The van der Waals surface area contributed by atoms with E-state index in [1.165, 1.54) is 6.08 Å². The second kappa shape index (κ2) is 8.27. The van der Waals surface area contributed by atoms with Crippen molar-refractivity contribution in [1.29, 1.82) is 0 Å². The fraction of sp³-hybridized carbons (Fsp3) is 0.312. The van der Waals surface area contributed by atoms with E-state index in [0.717, 1.165) is 11.1 Å². The van der Waals surface area contributed by atoms with Crippen LogP contribution in [0.2, 0.25) is 0 Å². The third-order valence-corrected chi connectivity index (χ3v) is 2.49. The van der Waals surface area contributed by atoms with Crippen LogP contribution in [0.3, 0.4) is 0 Å². The van der Waals surface area contributed by atoms with Crippen molar-refractivity contribution in [3.8, 4) is 0 Å². The Morgan fingerprint density at radius 2 is 2.05 bits per heavy atom. The van der Waals surface area contributed by atoms with Crippen molar-refractivity contribution < 1.29 is 14.6 Å². The molecule has 3 nitrogen and oxygen atoms in total. The average Bonchev–Trinajstić information content (AvgIpc) is 2.37. The van der Waals surface area contributed by atoms with E-state index < -0.39 is 6.10 Å². The minimum absolute atomic E-state index is 0.360. The van der Waals surface area contributed by atoms with Crippen molar-refractivity contribution in [2.45, 2.75) is 26.4 Å². The van der Waals surface area contributed by atoms with Crippen LogP contribution >= 0.6 is 0 Å². The summed E-state index contributed by atoms with van der Waals surface area (Å²) in [5, 5.41) is 9.84. The molecule has 1 atom stereocenters. The highest BCUT2D eigenvalue weighted by atomic mass is 16.5. The zero-order valence-electron chi connectivity index (χ0n) is 11.4. The molecule has 0 radical (unpaired) electrons. The molecule has 1 aromatic carbocycles. The lowest BCUT2D eigenvalue weighted by molar-refractivity contribution is -0.137. The number of rotatable bonds is 6. The molecule has 0 heterocycles. The van der Waals surface area contributed by atoms with E-state index in [-0.39, 0.29) is 5.97 Å². The third-order valence-electron chi connectivity index (χ3n) is 2.49. The van der Waals surface area contributed by atoms with E-state index >= 15 is 0 Å². The molecule has 102 valence electrons. The van der Waals surface area contributed by atoms with Gasteiger partial charge in [-0.25, -0.2) is 4.79 Å². The van der Waals surface area contributed by atoms with E-state index in [9.17, 15) is 9.90 Å². The molecule has 0 bridgehead atoms. The number of carbonyl (C=O) groups is 1. The van der Waals surface area contributed by atoms with E-state index in [4.69, 9.17) is 4.74 Å². The normalized spacial score (nSPS) is 13.5. The number of hydrogen-bond donors (Lipinski definition) is 1. The smallest absolute Gasteiger partial charge is 0.330 e. The van der Waals surface area contributed by atoms with Crippen LogP contribution in [0.4, 0.5) is 0 Å². The first-order valence-corrected chi connectivity index (χ1v) is 6.37. The molecule has 1 rings (SSSR count). The molecular formula is C16H20O3. The Morgan fingerprint density at radius 3 is 2.68 bits per heavy atom. The second-order valence-electron chi connectivity index (χ2n) is 4.28. The van der Waals surface area contributed by atoms with Crippen molar-refractivity contribution in [3.63, 3.8) is 0 Å². The van der Waals surface area contributed by atoms with Crippen LogP contribution in [0.25, 0.3) is 6.08 Å². The van der Waals surface area contributed by atoms with Gasteiger partial charge in [0.1, 0.15) is 0 Å². The molecule has 19 heavy (non-hydrogen) atoms. The van der Waals surface area contributed by atoms with Crippen LogP contribution in [0, 0.1) is 0 Å². The van der Waals surface area contributed by atoms with Crippen LogP contribution in [-0.2, 0) is 9.53 Å². The van der Waals surface area contributed by atoms with Crippen molar-refractivity contribution in [2.24, 2.45) is 0 Å². The summed E-state index contributed by atoms with van der Waals surface area (Å²) in [5.74, 6) is -0.362. The fourth-order valence-corrected chi connectivity index (χ4v) is 1.63. The SMILES string of the molecule is CCOC(=O)/C=C(\C)C[C@@H](O)/C=C/c1ccccc1. The number of ether oxygens (including phenoxy) is 1. The maximum absolute atomic E-state index is 11.2. The molecule has 1 aromatic rings. The largest absolute Gasteiger partial charge is 0.463 e. The Balaban J connectivity index is 2.49. The first-order valence-electron chi connectivity index (χ1n) is 6.37. The van der Waals surface area contributed by atoms with Gasteiger partial charge in [-0.2, -0.15) is 0 Å². The molecule has 0 saturated heterocycles. The number of esters is 1. The fourth-order valence-electron chi connectivity index (χ4n) is 1.63. The number of benzene rings is 1. The van der Waals surface area contributed by atoms with Gasteiger partial charge in [-0.15, -0.1) is 0 Å². The summed E-state index contributed by atoms with van der Waals surface area (Å²) in [6.45, 7) is 3.92. The number of aliphatic hydroxyl groups excluding tert-OH is 1. The Labute approximate surface area is 114 Å². The maximum atomic E-state index is 11.2. The monoisotopic (exact) mass is 260 g/mol. The average molecular weight is 260 g/mol. The van der Waals surface area contributed by atoms with Gasteiger partial charge >= 0.3 is 5.97 Å². The number of aliphatic hydroxyl groups is 1. The van der Waals surface area contributed by atoms with Gasteiger partial charge in [0.15, 0.2) is 0 Å². The summed E-state index contributed by atoms with van der Waals surface area (Å²) in [5.41, 5.74) is 1.83. The van der Waals surface area contributed by atoms with Gasteiger partial charge in [-0.1, -0.05) is 48.1 Å². The second-order valence-corrected chi connectivity index (χ2v) is 4.28. The highest BCUT2D eigenvalue weighted by molar-refractivity contribution is 5.82. The molecule has 0 aliphatic rings. The summed E-state index contributed by atoms with van der Waals surface area (Å²) in [6, 6.07) is 9.75. The molecule has 0 aromatic heterocycles. The van der Waals surface area contributed by atoms with Gasteiger partial charge in [0.05, 0.1) is 12.7 Å². The van der Waals surface area contributed by atoms with Crippen molar-refractivity contribution >= 4 is 12.0 Å². The van der Waals surface area contributed by atoms with Gasteiger partial charge in [-0.3, -0.25) is 0 Å². The summed E-state index contributed by atoms with van der Waals surface area (Å²) in [6.07, 6.45) is 4.82. The van der Waals surface area contributed by atoms with Gasteiger partial charge in [0, 0.05) is 6.08 Å². The topological polar surface area (TPSA) is 46.5 Å². The van der Waals surface area contributed by atoms with Gasteiger partial charge in [0.25, 0.3) is 0 Å². The number of carbonyl (C=O) groups excluding carboxylic acids is 1. The molecule has 0 spiro atoms. The molecule has 0 unspecified atom stereocenters. The van der Waals surface area contributed by atoms with E-state index in [1.54, 1.807) is 19.9 Å². The maximum Gasteiger partial charge on any atom is 0.330 e. The van der Waals surface area contributed by atoms with Crippen LogP contribution in [-0.4, -0.2) is 23.8 Å². The summed E-state index contributed by atoms with van der Waals surface area (Å²) in [7, 11) is 0. The predicted octanol–water partition coefficient (Wildman–Crippen LogP) is 2.96. The first kappa shape index (κ1) is 15.2. The molecule has 0 aliphatic heterocycles. The standard InChI is InChI=1S/C16H20O3/c1-3-19-16(18)12-13(2)11-15(17)10-9-14-7-5-4-6-8-14/h4-10,12,15,17H,3,11H2,1-2H3/b10-9+,13-12+/t15-/m0/s1. The van der Waals surface area contributed by atoms with E-state index in [0.29, 0.717) is 13.0 Å². The Hall–Kier alpha value is -1.87. The molecule has 0 aliphatic carbocycles. The highest BCUT2D eigenvalue weighted by Crippen LogP contribution is 2.09. The van der Waals surface area contributed by atoms with Crippen molar-refractivity contribution in [2.75, 3.05) is 6.61 Å². The van der Waals surface area contributed by atoms with E-state index in [1.807, 2.05) is 36.4 Å². The third kappa shape index (κ3) is 6.58. The van der Waals surface area contributed by atoms with Gasteiger partial charge in [0.2, 0.25) is 0 Å². The molecule has 0 saturated carbocycles. The van der Waals surface area contributed by atoms with E-state index in [2.05, 4.69) is 0 Å². The number of hydrogen-bond acceptors (Lipinski definition) is 3. The molecule has 3 heteroatoms. The van der Waals surface area contributed by atoms with Gasteiger partial charge in [-0.05, 0) is 25.8 Å². The highest BCUT2D eigenvalue weighted by Gasteiger charge is 2.03. The molecular weight excluding hydrogens is 240 g/mol. The quantitative estimate of drug-likeness (QED) is 0.632. The minimum atomic E-state index is -0.606. The van der Waals surface area contributed by atoms with Gasteiger partial charge < -0.3 is 9.84 Å².